The molecule has 0 heterocycles. The van der Waals surface area contributed by atoms with Gasteiger partial charge in [-0.3, -0.25) is 0 Å². The molecule has 20 heavy (non-hydrogen) atoms. The summed E-state index contributed by atoms with van der Waals surface area (Å²) < 4.78 is 23.0. The third kappa shape index (κ3) is 3.39. The lowest BCUT2D eigenvalue weighted by molar-refractivity contribution is 0.598. The standard InChI is InChI=1S/C13H21N3O2S2/c1-2-19-11-7-3-5-9(11)16-10-6-4-8-12(13(10)14)20(15,17)18/h4,6,8-9,11,16H,2-3,5,7,14H2,1H3,(H2,15,17,18). The maximum atomic E-state index is 11.5. The van der Waals surface area contributed by atoms with Gasteiger partial charge < -0.3 is 11.1 Å². The number of hydrogen-bond donors (Lipinski definition) is 3. The quantitative estimate of drug-likeness (QED) is 0.722. The van der Waals surface area contributed by atoms with Crippen molar-refractivity contribution in [1.82, 2.24) is 0 Å². The van der Waals surface area contributed by atoms with E-state index in [1.807, 2.05) is 11.8 Å². The fourth-order valence-corrected chi connectivity index (χ4v) is 4.51. The number of anilines is 2. The van der Waals surface area contributed by atoms with E-state index in [0.29, 0.717) is 17.0 Å². The van der Waals surface area contributed by atoms with Gasteiger partial charge in [-0.15, -0.1) is 0 Å². The Kier molecular flexibility index (Phi) is 4.82. The summed E-state index contributed by atoms with van der Waals surface area (Å²) in [4.78, 5) is -0.0137. The molecule has 0 aromatic heterocycles. The van der Waals surface area contributed by atoms with Gasteiger partial charge in [-0.05, 0) is 30.7 Å². The van der Waals surface area contributed by atoms with Crippen molar-refractivity contribution in [2.45, 2.75) is 42.4 Å². The molecule has 1 aliphatic rings. The van der Waals surface area contributed by atoms with Crippen LogP contribution in [0.4, 0.5) is 11.4 Å². The van der Waals surface area contributed by atoms with Crippen molar-refractivity contribution in [3.05, 3.63) is 18.2 Å². The molecule has 1 saturated carbocycles. The zero-order valence-electron chi connectivity index (χ0n) is 11.5. The molecule has 2 atom stereocenters. The maximum absolute atomic E-state index is 11.5. The Morgan fingerprint density at radius 1 is 1.40 bits per heavy atom. The van der Waals surface area contributed by atoms with Gasteiger partial charge in [0.2, 0.25) is 10.0 Å². The summed E-state index contributed by atoms with van der Waals surface area (Å²) in [6.45, 7) is 2.15. The van der Waals surface area contributed by atoms with E-state index < -0.39 is 10.0 Å². The number of para-hydroxylation sites is 1. The molecule has 5 nitrogen and oxygen atoms in total. The number of hydrogen-bond acceptors (Lipinski definition) is 5. The van der Waals surface area contributed by atoms with E-state index in [1.54, 1.807) is 12.1 Å². The highest BCUT2D eigenvalue weighted by atomic mass is 32.2. The van der Waals surface area contributed by atoms with Crippen LogP contribution in [0.1, 0.15) is 26.2 Å². The van der Waals surface area contributed by atoms with Crippen molar-refractivity contribution >= 4 is 33.2 Å². The van der Waals surface area contributed by atoms with Gasteiger partial charge in [0.25, 0.3) is 0 Å². The van der Waals surface area contributed by atoms with Crippen LogP contribution in [0.25, 0.3) is 0 Å². The second kappa shape index (κ2) is 6.24. The Labute approximate surface area is 124 Å². The fourth-order valence-electron chi connectivity index (χ4n) is 2.62. The number of benzene rings is 1. The Morgan fingerprint density at radius 3 is 2.80 bits per heavy atom. The van der Waals surface area contributed by atoms with Gasteiger partial charge in [0.1, 0.15) is 4.90 Å². The van der Waals surface area contributed by atoms with E-state index in [2.05, 4.69) is 12.2 Å². The van der Waals surface area contributed by atoms with Crippen molar-refractivity contribution in [1.29, 1.82) is 0 Å². The van der Waals surface area contributed by atoms with Crippen LogP contribution in [0, 0.1) is 0 Å². The van der Waals surface area contributed by atoms with Crippen LogP contribution >= 0.6 is 11.8 Å². The summed E-state index contributed by atoms with van der Waals surface area (Å²) in [6.07, 6.45) is 3.45. The highest BCUT2D eigenvalue weighted by Crippen LogP contribution is 2.34. The molecule has 0 aliphatic heterocycles. The van der Waals surface area contributed by atoms with Crippen LogP contribution in [0.3, 0.4) is 0 Å². The van der Waals surface area contributed by atoms with Gasteiger partial charge in [-0.1, -0.05) is 19.4 Å². The number of nitrogens with two attached hydrogens (primary N) is 2. The molecular formula is C13H21N3O2S2. The summed E-state index contributed by atoms with van der Waals surface area (Å²) in [5.74, 6) is 1.08. The van der Waals surface area contributed by atoms with Crippen LogP contribution in [-0.4, -0.2) is 25.5 Å². The van der Waals surface area contributed by atoms with Crippen molar-refractivity contribution < 1.29 is 8.42 Å². The lowest BCUT2D eigenvalue weighted by Crippen LogP contribution is -2.27. The smallest absolute Gasteiger partial charge is 0.240 e. The molecule has 112 valence electrons. The third-order valence-electron chi connectivity index (χ3n) is 3.55. The normalized spacial score (nSPS) is 22.9. The number of nitrogens with one attached hydrogen (secondary N) is 1. The summed E-state index contributed by atoms with van der Waals surface area (Å²) in [5, 5.41) is 9.11. The molecule has 5 N–H and O–H groups in total. The Morgan fingerprint density at radius 2 is 2.15 bits per heavy atom. The van der Waals surface area contributed by atoms with E-state index in [4.69, 9.17) is 10.9 Å². The molecule has 1 aromatic rings. The molecule has 0 spiro atoms. The van der Waals surface area contributed by atoms with Gasteiger partial charge in [-0.2, -0.15) is 11.8 Å². The predicted molar refractivity (Wildman–Crippen MR) is 85.4 cm³/mol. The van der Waals surface area contributed by atoms with Gasteiger partial charge in [0.15, 0.2) is 0 Å². The number of primary sulfonamides is 1. The van der Waals surface area contributed by atoms with Crippen molar-refractivity contribution in [2.24, 2.45) is 5.14 Å². The lowest BCUT2D eigenvalue weighted by Gasteiger charge is -2.22. The Hall–Kier alpha value is -0.920. The Balaban J connectivity index is 2.22. The van der Waals surface area contributed by atoms with Crippen LogP contribution in [-0.2, 0) is 10.0 Å². The molecular weight excluding hydrogens is 294 g/mol. The number of sulfonamides is 1. The van der Waals surface area contributed by atoms with Crippen molar-refractivity contribution in [2.75, 3.05) is 16.8 Å². The molecule has 1 aliphatic carbocycles. The maximum Gasteiger partial charge on any atom is 0.240 e. The fraction of sp³-hybridized carbons (Fsp3) is 0.538. The third-order valence-corrected chi connectivity index (χ3v) is 5.84. The first-order valence-corrected chi connectivity index (χ1v) is 9.32. The van der Waals surface area contributed by atoms with Crippen LogP contribution in [0.15, 0.2) is 23.1 Å². The van der Waals surface area contributed by atoms with Gasteiger partial charge in [0.05, 0.1) is 11.4 Å². The largest absolute Gasteiger partial charge is 0.396 e. The van der Waals surface area contributed by atoms with E-state index >= 15 is 0 Å². The second-order valence-electron chi connectivity index (χ2n) is 4.94. The summed E-state index contributed by atoms with van der Waals surface area (Å²) >= 11 is 1.94. The zero-order chi connectivity index (χ0) is 14.8. The topological polar surface area (TPSA) is 98.2 Å². The van der Waals surface area contributed by atoms with E-state index in [0.717, 1.165) is 12.2 Å². The first-order chi connectivity index (χ1) is 9.43. The summed E-state index contributed by atoms with van der Waals surface area (Å²) in [6, 6.07) is 5.23. The number of nitrogen functional groups attached to an aromatic ring is 1. The van der Waals surface area contributed by atoms with Crippen LogP contribution < -0.4 is 16.2 Å². The first-order valence-electron chi connectivity index (χ1n) is 6.73. The van der Waals surface area contributed by atoms with Gasteiger partial charge >= 0.3 is 0 Å². The molecule has 0 bridgehead atoms. The highest BCUT2D eigenvalue weighted by molar-refractivity contribution is 7.99. The molecule has 2 rings (SSSR count). The first kappa shape index (κ1) is 15.5. The van der Waals surface area contributed by atoms with Crippen LogP contribution in [0.2, 0.25) is 0 Å². The monoisotopic (exact) mass is 315 g/mol. The molecule has 0 saturated heterocycles. The highest BCUT2D eigenvalue weighted by Gasteiger charge is 2.28. The molecule has 7 heteroatoms. The average molecular weight is 315 g/mol. The minimum absolute atomic E-state index is 0.0137. The van der Waals surface area contributed by atoms with Gasteiger partial charge in [0, 0.05) is 11.3 Å². The molecule has 1 aromatic carbocycles. The average Bonchev–Trinajstić information content (AvgIpc) is 2.78. The molecule has 0 amide bonds. The Bertz CT molecular complexity index is 575. The van der Waals surface area contributed by atoms with E-state index in [1.165, 1.54) is 18.9 Å². The summed E-state index contributed by atoms with van der Waals surface area (Å²) in [7, 11) is -3.78. The minimum atomic E-state index is -3.78. The van der Waals surface area contributed by atoms with E-state index in [9.17, 15) is 8.42 Å². The van der Waals surface area contributed by atoms with Crippen LogP contribution in [0.5, 0.6) is 0 Å². The van der Waals surface area contributed by atoms with Crippen molar-refractivity contribution in [3.63, 3.8) is 0 Å². The predicted octanol–water partition coefficient (Wildman–Crippen LogP) is 2.00. The SMILES string of the molecule is CCSC1CCCC1Nc1cccc(S(N)(=O)=O)c1N. The number of thioether (sulfide) groups is 1. The van der Waals surface area contributed by atoms with Crippen molar-refractivity contribution in [3.8, 4) is 0 Å². The minimum Gasteiger partial charge on any atom is -0.396 e. The second-order valence-corrected chi connectivity index (χ2v) is 7.98. The molecule has 1 fully saturated rings. The summed E-state index contributed by atoms with van der Waals surface area (Å²) in [5.41, 5.74) is 6.81. The number of rotatable bonds is 5. The zero-order valence-corrected chi connectivity index (χ0v) is 13.1. The van der Waals surface area contributed by atoms with Gasteiger partial charge in [-0.25, -0.2) is 13.6 Å². The molecule has 0 radical (unpaired) electrons. The van der Waals surface area contributed by atoms with E-state index in [-0.39, 0.29) is 10.6 Å². The lowest BCUT2D eigenvalue weighted by atomic mass is 10.2. The molecule has 2 unspecified atom stereocenters.